The molecule has 1 rings (SSSR count). The molecular formula is C10H17N. The van der Waals surface area contributed by atoms with E-state index in [1.807, 2.05) is 44.2 Å². The summed E-state index contributed by atoms with van der Waals surface area (Å²) in [7, 11) is 0. The van der Waals surface area contributed by atoms with Crippen molar-refractivity contribution in [3.8, 4) is 0 Å². The molecule has 0 amide bonds. The maximum atomic E-state index is 3.78. The third kappa shape index (κ3) is 12.2. The maximum absolute atomic E-state index is 3.78. The summed E-state index contributed by atoms with van der Waals surface area (Å²) in [6.07, 6.45) is 7.50. The fourth-order valence-electron chi connectivity index (χ4n) is 0.313. The van der Waals surface area contributed by atoms with Crippen LogP contribution in [0.25, 0.3) is 0 Å². The Bertz CT molecular complexity index is 125. The van der Waals surface area contributed by atoms with Crippen LogP contribution in [0.1, 0.15) is 21.3 Å². The molecule has 11 heavy (non-hydrogen) atoms. The van der Waals surface area contributed by atoms with Crippen molar-refractivity contribution in [3.63, 3.8) is 0 Å². The van der Waals surface area contributed by atoms with Crippen molar-refractivity contribution >= 4 is 0 Å². The average molecular weight is 151 g/mol. The SMILES string of the molecule is C.CC=CC.c1ccncc1. The Morgan fingerprint density at radius 1 is 0.909 bits per heavy atom. The van der Waals surface area contributed by atoms with Gasteiger partial charge in [-0.25, -0.2) is 0 Å². The summed E-state index contributed by atoms with van der Waals surface area (Å²) in [5, 5.41) is 0. The Morgan fingerprint density at radius 3 is 1.45 bits per heavy atom. The van der Waals surface area contributed by atoms with Crippen LogP contribution in [0.5, 0.6) is 0 Å². The van der Waals surface area contributed by atoms with Crippen LogP contribution in [-0.2, 0) is 0 Å². The van der Waals surface area contributed by atoms with Crippen LogP contribution in [0.4, 0.5) is 0 Å². The number of rotatable bonds is 0. The first kappa shape index (κ1) is 12.6. The van der Waals surface area contributed by atoms with Crippen molar-refractivity contribution in [2.24, 2.45) is 0 Å². The summed E-state index contributed by atoms with van der Waals surface area (Å²) in [4.78, 5) is 3.78. The van der Waals surface area contributed by atoms with Crippen molar-refractivity contribution in [2.45, 2.75) is 21.3 Å². The lowest BCUT2D eigenvalue weighted by Gasteiger charge is -1.70. The number of allylic oxidation sites excluding steroid dienone is 2. The van der Waals surface area contributed by atoms with Crippen LogP contribution >= 0.6 is 0 Å². The van der Waals surface area contributed by atoms with Crippen molar-refractivity contribution in [1.82, 2.24) is 4.98 Å². The van der Waals surface area contributed by atoms with Crippen molar-refractivity contribution in [3.05, 3.63) is 42.7 Å². The van der Waals surface area contributed by atoms with Crippen molar-refractivity contribution in [2.75, 3.05) is 0 Å². The molecule has 0 spiro atoms. The third-order valence-electron chi connectivity index (χ3n) is 0.900. The van der Waals surface area contributed by atoms with Crippen molar-refractivity contribution < 1.29 is 0 Å². The Balaban J connectivity index is 0. The maximum Gasteiger partial charge on any atom is 0.0267 e. The number of hydrogen-bond acceptors (Lipinski definition) is 1. The Labute approximate surface area is 69.8 Å². The van der Waals surface area contributed by atoms with E-state index in [4.69, 9.17) is 0 Å². The molecule has 0 saturated heterocycles. The number of hydrogen-bond donors (Lipinski definition) is 0. The lowest BCUT2D eigenvalue weighted by Crippen LogP contribution is -1.58. The molecule has 1 nitrogen and oxygen atoms in total. The number of pyridine rings is 1. The summed E-state index contributed by atoms with van der Waals surface area (Å²) in [5.74, 6) is 0. The molecule has 1 aromatic rings. The first-order valence-corrected chi connectivity index (χ1v) is 3.34. The van der Waals surface area contributed by atoms with E-state index in [1.165, 1.54) is 0 Å². The summed E-state index contributed by atoms with van der Waals surface area (Å²) < 4.78 is 0. The Kier molecular flexibility index (Phi) is 13.3. The summed E-state index contributed by atoms with van der Waals surface area (Å²) >= 11 is 0. The quantitative estimate of drug-likeness (QED) is 0.518. The van der Waals surface area contributed by atoms with E-state index in [9.17, 15) is 0 Å². The van der Waals surface area contributed by atoms with E-state index < -0.39 is 0 Å². The number of aromatic nitrogens is 1. The monoisotopic (exact) mass is 151 g/mol. The zero-order chi connectivity index (χ0) is 7.66. The second-order valence-electron chi connectivity index (χ2n) is 1.69. The molecule has 0 aliphatic rings. The van der Waals surface area contributed by atoms with Gasteiger partial charge in [0.15, 0.2) is 0 Å². The van der Waals surface area contributed by atoms with E-state index in [0.717, 1.165) is 0 Å². The van der Waals surface area contributed by atoms with E-state index in [-0.39, 0.29) is 7.43 Å². The summed E-state index contributed by atoms with van der Waals surface area (Å²) in [6.45, 7) is 4.00. The van der Waals surface area contributed by atoms with Crippen LogP contribution in [-0.4, -0.2) is 4.98 Å². The lowest BCUT2D eigenvalue weighted by atomic mass is 10.5. The molecule has 1 heteroatoms. The van der Waals surface area contributed by atoms with E-state index in [0.29, 0.717) is 0 Å². The summed E-state index contributed by atoms with van der Waals surface area (Å²) in [6, 6.07) is 5.72. The van der Waals surface area contributed by atoms with Gasteiger partial charge in [-0.3, -0.25) is 4.98 Å². The van der Waals surface area contributed by atoms with Gasteiger partial charge in [0.1, 0.15) is 0 Å². The van der Waals surface area contributed by atoms with Gasteiger partial charge in [-0.05, 0) is 26.0 Å². The normalized spacial score (nSPS) is 7.82. The highest BCUT2D eigenvalue weighted by Gasteiger charge is 1.58. The van der Waals surface area contributed by atoms with Gasteiger partial charge in [0.05, 0.1) is 0 Å². The fraction of sp³-hybridized carbons (Fsp3) is 0.300. The number of nitrogens with zero attached hydrogens (tertiary/aromatic N) is 1. The van der Waals surface area contributed by atoms with Crippen LogP contribution in [0, 0.1) is 0 Å². The van der Waals surface area contributed by atoms with E-state index in [2.05, 4.69) is 4.98 Å². The summed E-state index contributed by atoms with van der Waals surface area (Å²) in [5.41, 5.74) is 0. The predicted octanol–water partition coefficient (Wildman–Crippen LogP) is 3.30. The average Bonchev–Trinajstić information content (AvgIpc) is 2.08. The Morgan fingerprint density at radius 2 is 1.36 bits per heavy atom. The highest BCUT2D eigenvalue weighted by molar-refractivity contribution is 4.88. The molecule has 0 unspecified atom stereocenters. The van der Waals surface area contributed by atoms with Gasteiger partial charge in [0.2, 0.25) is 0 Å². The second kappa shape index (κ2) is 11.7. The molecule has 0 aromatic carbocycles. The largest absolute Gasteiger partial charge is 0.265 e. The van der Waals surface area contributed by atoms with Crippen LogP contribution < -0.4 is 0 Å². The van der Waals surface area contributed by atoms with Gasteiger partial charge in [-0.15, -0.1) is 0 Å². The standard InChI is InChI=1S/C5H5N.C4H8.CH4/c1-2-4-6-5-3-1;1-3-4-2;/h1-5H;3-4H,1-2H3;1H4. The first-order valence-electron chi connectivity index (χ1n) is 3.34. The molecule has 0 N–H and O–H groups in total. The smallest absolute Gasteiger partial charge is 0.0267 e. The molecule has 0 fully saturated rings. The zero-order valence-electron chi connectivity index (χ0n) is 6.49. The predicted molar refractivity (Wildman–Crippen MR) is 51.5 cm³/mol. The zero-order valence-corrected chi connectivity index (χ0v) is 6.49. The van der Waals surface area contributed by atoms with Gasteiger partial charge in [0, 0.05) is 12.4 Å². The Hall–Kier alpha value is -1.11. The lowest BCUT2D eigenvalue weighted by molar-refractivity contribution is 1.33. The molecule has 0 radical (unpaired) electrons. The molecule has 62 valence electrons. The van der Waals surface area contributed by atoms with Gasteiger partial charge in [-0.1, -0.05) is 25.6 Å². The molecule has 0 bridgehead atoms. The van der Waals surface area contributed by atoms with Gasteiger partial charge >= 0.3 is 0 Å². The van der Waals surface area contributed by atoms with Gasteiger partial charge in [-0.2, -0.15) is 0 Å². The molecular weight excluding hydrogens is 134 g/mol. The minimum absolute atomic E-state index is 0. The molecule has 0 saturated carbocycles. The van der Waals surface area contributed by atoms with E-state index >= 15 is 0 Å². The first-order chi connectivity index (χ1) is 4.91. The minimum atomic E-state index is 0. The third-order valence-corrected chi connectivity index (χ3v) is 0.900. The topological polar surface area (TPSA) is 12.9 Å². The van der Waals surface area contributed by atoms with Crippen LogP contribution in [0.3, 0.4) is 0 Å². The molecule has 1 aromatic heterocycles. The van der Waals surface area contributed by atoms with Crippen LogP contribution in [0.2, 0.25) is 0 Å². The molecule has 0 atom stereocenters. The van der Waals surface area contributed by atoms with Gasteiger partial charge < -0.3 is 0 Å². The molecule has 1 heterocycles. The second-order valence-corrected chi connectivity index (χ2v) is 1.69. The van der Waals surface area contributed by atoms with Crippen LogP contribution in [0.15, 0.2) is 42.7 Å². The van der Waals surface area contributed by atoms with Crippen molar-refractivity contribution in [1.29, 1.82) is 0 Å². The molecule has 0 aliphatic carbocycles. The highest BCUT2D eigenvalue weighted by Crippen LogP contribution is 1.73. The van der Waals surface area contributed by atoms with Gasteiger partial charge in [0.25, 0.3) is 0 Å². The molecule has 0 aliphatic heterocycles. The van der Waals surface area contributed by atoms with E-state index in [1.54, 1.807) is 12.4 Å². The fourth-order valence-corrected chi connectivity index (χ4v) is 0.313. The minimum Gasteiger partial charge on any atom is -0.265 e. The highest BCUT2D eigenvalue weighted by atomic mass is 14.6.